The van der Waals surface area contributed by atoms with Gasteiger partial charge < -0.3 is 10.2 Å². The third-order valence-corrected chi connectivity index (χ3v) is 3.70. The minimum Gasteiger partial charge on any atom is -0.395 e. The molecule has 1 saturated heterocycles. The van der Waals surface area contributed by atoms with Gasteiger partial charge in [0, 0.05) is 29.7 Å². The normalized spacial score (nSPS) is 26.4. The number of hydrogen-bond acceptors (Lipinski definition) is 3. The molecule has 3 nitrogen and oxygen atoms in total. The molecule has 3 atom stereocenters. The fourth-order valence-electron chi connectivity index (χ4n) is 2.40. The first-order valence-corrected chi connectivity index (χ1v) is 6.41. The fraction of sp³-hybridized carbons (Fsp3) is 0.538. The molecule has 100 valence electrons. The molecule has 0 radical (unpaired) electrons. The van der Waals surface area contributed by atoms with E-state index in [4.69, 9.17) is 11.6 Å². The van der Waals surface area contributed by atoms with Gasteiger partial charge in [0.15, 0.2) is 0 Å². The van der Waals surface area contributed by atoms with Crippen LogP contribution in [0.5, 0.6) is 0 Å². The molecule has 0 aliphatic carbocycles. The van der Waals surface area contributed by atoms with Crippen LogP contribution in [0.1, 0.15) is 18.1 Å². The number of likely N-dealkylation sites (tertiary alicyclic amines) is 1. The van der Waals surface area contributed by atoms with Crippen LogP contribution in [0.25, 0.3) is 0 Å². The summed E-state index contributed by atoms with van der Waals surface area (Å²) in [6.45, 7) is 0.456. The second-order valence-corrected chi connectivity index (χ2v) is 5.07. The molecule has 2 unspecified atom stereocenters. The lowest BCUT2D eigenvalue weighted by atomic mass is 10.1. The lowest BCUT2D eigenvalue weighted by molar-refractivity contribution is 0.0840. The molecule has 1 heterocycles. The lowest BCUT2D eigenvalue weighted by Gasteiger charge is -2.25. The number of alkyl halides is 1. The van der Waals surface area contributed by atoms with Gasteiger partial charge in [0.1, 0.15) is 6.17 Å². The molecule has 5 heteroatoms. The second kappa shape index (κ2) is 5.97. The highest BCUT2D eigenvalue weighted by molar-refractivity contribution is 6.31. The first-order valence-electron chi connectivity index (χ1n) is 6.03. The molecule has 0 bridgehead atoms. The maximum Gasteiger partial charge on any atom is 0.114 e. The van der Waals surface area contributed by atoms with Crippen LogP contribution in [-0.2, 0) is 0 Å². The lowest BCUT2D eigenvalue weighted by Crippen LogP contribution is -2.35. The van der Waals surface area contributed by atoms with E-state index in [1.165, 1.54) is 0 Å². The van der Waals surface area contributed by atoms with Crippen LogP contribution in [0, 0.1) is 0 Å². The SMILES string of the molecule is OCC1CC(F)CN1C[C@H](O)c1ccccc1Cl. The fourth-order valence-corrected chi connectivity index (χ4v) is 2.66. The molecule has 0 saturated carbocycles. The van der Waals surface area contributed by atoms with Crippen molar-refractivity contribution in [3.63, 3.8) is 0 Å². The summed E-state index contributed by atoms with van der Waals surface area (Å²) in [4.78, 5) is 1.78. The molecule has 1 aromatic rings. The minimum atomic E-state index is -0.930. The van der Waals surface area contributed by atoms with Gasteiger partial charge in [0.2, 0.25) is 0 Å². The molecule has 18 heavy (non-hydrogen) atoms. The Kier molecular flexibility index (Phi) is 4.56. The zero-order valence-electron chi connectivity index (χ0n) is 9.97. The maximum atomic E-state index is 13.3. The number of aliphatic hydroxyl groups excluding tert-OH is 2. The van der Waals surface area contributed by atoms with E-state index in [0.29, 0.717) is 17.0 Å². The van der Waals surface area contributed by atoms with Crippen molar-refractivity contribution in [3.05, 3.63) is 34.9 Å². The van der Waals surface area contributed by atoms with Gasteiger partial charge in [-0.25, -0.2) is 4.39 Å². The Morgan fingerprint density at radius 1 is 1.44 bits per heavy atom. The molecule has 0 amide bonds. The van der Waals surface area contributed by atoms with E-state index in [1.807, 2.05) is 0 Å². The molecule has 0 spiro atoms. The van der Waals surface area contributed by atoms with E-state index in [0.717, 1.165) is 0 Å². The summed E-state index contributed by atoms with van der Waals surface area (Å²) in [6, 6.07) is 6.85. The van der Waals surface area contributed by atoms with Crippen molar-refractivity contribution in [1.29, 1.82) is 0 Å². The number of hydrogen-bond donors (Lipinski definition) is 2. The molecule has 1 aromatic carbocycles. The monoisotopic (exact) mass is 273 g/mol. The quantitative estimate of drug-likeness (QED) is 0.879. The van der Waals surface area contributed by atoms with Gasteiger partial charge in [0.05, 0.1) is 12.7 Å². The van der Waals surface area contributed by atoms with Crippen molar-refractivity contribution in [1.82, 2.24) is 4.90 Å². The van der Waals surface area contributed by atoms with Crippen molar-refractivity contribution >= 4 is 11.6 Å². The summed E-state index contributed by atoms with van der Waals surface area (Å²) in [5.74, 6) is 0. The van der Waals surface area contributed by atoms with Gasteiger partial charge >= 0.3 is 0 Å². The number of β-amino-alcohol motifs (C(OH)–C–C–N with tert-alkyl or cyclic N) is 1. The van der Waals surface area contributed by atoms with Crippen LogP contribution >= 0.6 is 11.6 Å². The highest BCUT2D eigenvalue weighted by Gasteiger charge is 2.32. The molecule has 2 rings (SSSR count). The number of benzene rings is 1. The number of halogens is 2. The Morgan fingerprint density at radius 3 is 2.83 bits per heavy atom. The van der Waals surface area contributed by atoms with Gasteiger partial charge in [-0.15, -0.1) is 0 Å². The van der Waals surface area contributed by atoms with Gasteiger partial charge in [-0.3, -0.25) is 4.90 Å². The average molecular weight is 274 g/mol. The summed E-state index contributed by atoms with van der Waals surface area (Å²) in [5.41, 5.74) is 0.637. The highest BCUT2D eigenvalue weighted by atomic mass is 35.5. The number of rotatable bonds is 4. The van der Waals surface area contributed by atoms with Gasteiger partial charge in [0.25, 0.3) is 0 Å². The van der Waals surface area contributed by atoms with Crippen LogP contribution in [-0.4, -0.2) is 47.0 Å². The summed E-state index contributed by atoms with van der Waals surface area (Å²) < 4.78 is 13.3. The maximum absolute atomic E-state index is 13.3. The van der Waals surface area contributed by atoms with Crippen molar-refractivity contribution in [2.24, 2.45) is 0 Å². The standard InChI is InChI=1S/C13H17ClFNO2/c14-12-4-2-1-3-11(12)13(18)7-16-6-9(15)5-10(16)8-17/h1-4,9-10,13,17-18H,5-8H2/t9?,10?,13-/m0/s1. The van der Waals surface area contributed by atoms with Crippen molar-refractivity contribution < 1.29 is 14.6 Å². The van der Waals surface area contributed by atoms with Crippen LogP contribution in [0.3, 0.4) is 0 Å². The van der Waals surface area contributed by atoms with Gasteiger partial charge in [-0.2, -0.15) is 0 Å². The van der Waals surface area contributed by atoms with Gasteiger partial charge in [-0.1, -0.05) is 29.8 Å². The van der Waals surface area contributed by atoms with Crippen LogP contribution in [0.2, 0.25) is 5.02 Å². The average Bonchev–Trinajstić information content (AvgIpc) is 2.70. The largest absolute Gasteiger partial charge is 0.395 e. The second-order valence-electron chi connectivity index (χ2n) is 4.66. The molecule has 1 aliphatic heterocycles. The summed E-state index contributed by atoms with van der Waals surface area (Å²) in [6.07, 6.45) is -1.37. The summed E-state index contributed by atoms with van der Waals surface area (Å²) >= 11 is 6.00. The van der Waals surface area contributed by atoms with Gasteiger partial charge in [-0.05, 0) is 12.5 Å². The Balaban J connectivity index is 2.03. The van der Waals surface area contributed by atoms with Crippen molar-refractivity contribution in [3.8, 4) is 0 Å². The molecule has 1 fully saturated rings. The van der Waals surface area contributed by atoms with Crippen LogP contribution < -0.4 is 0 Å². The van der Waals surface area contributed by atoms with Crippen LogP contribution in [0.4, 0.5) is 4.39 Å². The third kappa shape index (κ3) is 3.01. The molecular formula is C13H17ClFNO2. The third-order valence-electron chi connectivity index (χ3n) is 3.36. The number of nitrogens with zero attached hydrogens (tertiary/aromatic N) is 1. The van der Waals surface area contributed by atoms with E-state index in [2.05, 4.69) is 0 Å². The highest BCUT2D eigenvalue weighted by Crippen LogP contribution is 2.27. The predicted molar refractivity (Wildman–Crippen MR) is 68.4 cm³/mol. The Labute approximate surface area is 111 Å². The van der Waals surface area contributed by atoms with E-state index >= 15 is 0 Å². The molecule has 2 N–H and O–H groups in total. The smallest absolute Gasteiger partial charge is 0.114 e. The zero-order valence-corrected chi connectivity index (χ0v) is 10.7. The zero-order chi connectivity index (χ0) is 13.1. The Morgan fingerprint density at radius 2 is 2.17 bits per heavy atom. The molecular weight excluding hydrogens is 257 g/mol. The van der Waals surface area contributed by atoms with Crippen molar-refractivity contribution in [2.75, 3.05) is 19.7 Å². The van der Waals surface area contributed by atoms with E-state index in [9.17, 15) is 14.6 Å². The Bertz CT molecular complexity index is 404. The topological polar surface area (TPSA) is 43.7 Å². The van der Waals surface area contributed by atoms with E-state index in [1.54, 1.807) is 29.2 Å². The summed E-state index contributed by atoms with van der Waals surface area (Å²) in [5, 5.41) is 19.8. The van der Waals surface area contributed by atoms with Crippen molar-refractivity contribution in [2.45, 2.75) is 24.7 Å². The first-order chi connectivity index (χ1) is 8.61. The first kappa shape index (κ1) is 13.7. The minimum absolute atomic E-state index is 0.0876. The summed E-state index contributed by atoms with van der Waals surface area (Å²) in [7, 11) is 0. The predicted octanol–water partition coefficient (Wildman–Crippen LogP) is 1.78. The van der Waals surface area contributed by atoms with Crippen LogP contribution in [0.15, 0.2) is 24.3 Å². The number of aliphatic hydroxyl groups is 2. The Hall–Kier alpha value is -0.680. The van der Waals surface area contributed by atoms with E-state index < -0.39 is 12.3 Å². The van der Waals surface area contributed by atoms with E-state index in [-0.39, 0.29) is 25.7 Å². The molecule has 0 aromatic heterocycles. The molecule has 1 aliphatic rings.